The van der Waals surface area contributed by atoms with Crippen LogP contribution >= 0.6 is 15.2 Å². The van der Waals surface area contributed by atoms with Gasteiger partial charge in [-0.2, -0.15) is 0 Å². The quantitative estimate of drug-likeness (QED) is 0.0379. The van der Waals surface area contributed by atoms with E-state index in [0.29, 0.717) is 58.0 Å². The molecule has 0 aliphatic carbocycles. The smallest absolute Gasteiger partial charge is 0.379 e. The average Bonchev–Trinajstić information content (AvgIpc) is 3.08. The van der Waals surface area contributed by atoms with Crippen LogP contribution in [0.3, 0.4) is 0 Å². The van der Waals surface area contributed by atoms with Gasteiger partial charge in [-0.05, 0) is 63.3 Å². The van der Waals surface area contributed by atoms with Crippen LogP contribution in [-0.4, -0.2) is 98.0 Å². The van der Waals surface area contributed by atoms with Crippen LogP contribution in [0.5, 0.6) is 5.75 Å². The fourth-order valence-electron chi connectivity index (χ4n) is 5.90. The van der Waals surface area contributed by atoms with Crippen molar-refractivity contribution in [3.05, 3.63) is 64.2 Å². The number of quaternary nitrogens is 2. The number of hydrogen-bond donors (Lipinski definition) is 10. The molecule has 18 nitrogen and oxygen atoms in total. The summed E-state index contributed by atoms with van der Waals surface area (Å²) in [4.78, 5) is 68.2. The molecule has 0 radical (unpaired) electrons. The number of aliphatic carboxylic acids is 2. The summed E-state index contributed by atoms with van der Waals surface area (Å²) in [5, 5.41) is 49.5. The van der Waals surface area contributed by atoms with Crippen LogP contribution in [-0.2, 0) is 49.8 Å². The predicted octanol–water partition coefficient (Wildman–Crippen LogP) is -3.94. The molecular weight excluding hydrogens is 740 g/mol. The minimum atomic E-state index is -4.65. The van der Waals surface area contributed by atoms with Crippen LogP contribution in [0.4, 0.5) is 0 Å². The number of nitrogens with two attached hydrogens (primary N) is 1. The van der Waals surface area contributed by atoms with Gasteiger partial charge in [-0.25, -0.2) is 0 Å². The summed E-state index contributed by atoms with van der Waals surface area (Å²) in [6.45, 7) is 5.37. The number of carboxylic acids is 2. The third-order valence-corrected chi connectivity index (χ3v) is 9.89. The van der Waals surface area contributed by atoms with Gasteiger partial charge in [-0.1, -0.05) is 30.3 Å². The lowest BCUT2D eigenvalue weighted by Crippen LogP contribution is -3.25. The highest BCUT2D eigenvalue weighted by atomic mass is 31.2. The van der Waals surface area contributed by atoms with Crippen molar-refractivity contribution in [1.82, 2.24) is 0 Å². The number of unbranched alkanes of at least 4 members (excludes halogenated alkanes) is 1. The van der Waals surface area contributed by atoms with Gasteiger partial charge in [-0.15, -0.1) is 0 Å². The maximum atomic E-state index is 12.4. The van der Waals surface area contributed by atoms with Crippen LogP contribution < -0.4 is 30.5 Å². The van der Waals surface area contributed by atoms with Gasteiger partial charge in [0.2, 0.25) is 0 Å². The first kappa shape index (κ1) is 49.9. The molecule has 0 spiro atoms. The number of carboxylic acid groups (broad SMARTS) is 2. The summed E-state index contributed by atoms with van der Waals surface area (Å²) in [5.74, 6) is -2.34. The number of para-hydroxylation sites is 1. The molecule has 0 aliphatic heterocycles. The van der Waals surface area contributed by atoms with Crippen molar-refractivity contribution in [2.24, 2.45) is 5.73 Å². The van der Waals surface area contributed by atoms with E-state index in [1.165, 1.54) is 0 Å². The molecule has 0 saturated carbocycles. The van der Waals surface area contributed by atoms with E-state index >= 15 is 0 Å². The first-order valence-electron chi connectivity index (χ1n) is 16.7. The Hall–Kier alpha value is -3.09. The molecule has 0 aliphatic rings. The standard InChI is InChI=1S/C28H47N3O10P2.C4H6O4.CH2O/c1-3-41-28-23(9-7-11-25(28)17-33)15-31(20-43(38,39)40)27(18-34)26(12-4-5-13-29)30(19-42(35,36)37)14-22-8-6-10-24(16-32)21(22)2;5-3(6)1-2-4(7)8;1-2/h6-11,26-27,32-34H,3-5,12-20,29H2,1-2H3,(H2,35,36,37)(H2,38,39,40);1-2H2,(H,5,6)(H,7,8);1H2. The molecule has 0 heterocycles. The van der Waals surface area contributed by atoms with Crippen LogP contribution in [0.2, 0.25) is 0 Å². The molecule has 2 aromatic carbocycles. The van der Waals surface area contributed by atoms with Gasteiger partial charge in [0.25, 0.3) is 0 Å². The van der Waals surface area contributed by atoms with Gasteiger partial charge < -0.3 is 79.8 Å². The van der Waals surface area contributed by atoms with E-state index in [1.54, 1.807) is 37.3 Å². The highest BCUT2D eigenvalue weighted by molar-refractivity contribution is 7.51. The second-order valence-electron chi connectivity index (χ2n) is 12.1. The summed E-state index contributed by atoms with van der Waals surface area (Å²) in [7, 11) is -9.26. The van der Waals surface area contributed by atoms with Crippen molar-refractivity contribution in [3.63, 3.8) is 0 Å². The van der Waals surface area contributed by atoms with Crippen molar-refractivity contribution in [1.29, 1.82) is 0 Å². The predicted molar refractivity (Wildman–Crippen MR) is 188 cm³/mol. The third kappa shape index (κ3) is 19.7. The van der Waals surface area contributed by atoms with E-state index < -0.39 is 71.2 Å². The molecule has 20 heteroatoms. The van der Waals surface area contributed by atoms with Crippen molar-refractivity contribution in [2.45, 2.75) is 84.3 Å². The van der Waals surface area contributed by atoms with Crippen LogP contribution in [0, 0.1) is 6.92 Å². The molecule has 4 unspecified atom stereocenters. The van der Waals surface area contributed by atoms with E-state index in [2.05, 4.69) is 0 Å². The molecule has 302 valence electrons. The van der Waals surface area contributed by atoms with Crippen LogP contribution in [0.1, 0.15) is 66.8 Å². The molecule has 0 bridgehead atoms. The normalized spacial score (nSPS) is 13.7. The summed E-state index contributed by atoms with van der Waals surface area (Å²) in [6, 6.07) is 8.93. The summed E-state index contributed by atoms with van der Waals surface area (Å²) in [6.07, 6.45) is -0.625. The van der Waals surface area contributed by atoms with Crippen molar-refractivity contribution in [3.8, 4) is 5.75 Å². The van der Waals surface area contributed by atoms with Crippen molar-refractivity contribution in [2.75, 3.05) is 32.3 Å². The van der Waals surface area contributed by atoms with Gasteiger partial charge in [0.1, 0.15) is 38.3 Å². The maximum absolute atomic E-state index is 12.4. The molecule has 11 N–H and O–H groups in total. The Labute approximate surface area is 309 Å². The number of carbonyl (C=O) groups is 3. The van der Waals surface area contributed by atoms with Crippen LogP contribution in [0.15, 0.2) is 36.4 Å². The number of aliphatic hydroxyl groups is 3. The molecular formula is C33H55N3O15P2. The number of benzene rings is 2. The van der Waals surface area contributed by atoms with E-state index in [4.69, 9.17) is 15.3 Å². The van der Waals surface area contributed by atoms with Gasteiger partial charge >= 0.3 is 15.2 Å². The lowest BCUT2D eigenvalue weighted by Gasteiger charge is -2.38. The fourth-order valence-corrected chi connectivity index (χ4v) is 7.65. The number of hydrogen-bond acceptors (Lipinski definition) is 12. The fraction of sp³-hybridized carbons (Fsp3) is 0.545. The summed E-state index contributed by atoms with van der Waals surface area (Å²) < 4.78 is 30.7. The molecule has 0 aromatic heterocycles. The molecule has 0 fully saturated rings. The lowest BCUT2D eigenvalue weighted by molar-refractivity contribution is -0.999. The minimum Gasteiger partial charge on any atom is -0.550 e. The Morgan fingerprint density at radius 2 is 1.25 bits per heavy atom. The Morgan fingerprint density at radius 1 is 0.792 bits per heavy atom. The number of aliphatic hydroxyl groups excluding tert-OH is 3. The molecule has 0 amide bonds. The molecule has 2 rings (SSSR count). The van der Waals surface area contributed by atoms with Crippen molar-refractivity contribution >= 4 is 33.9 Å². The van der Waals surface area contributed by atoms with E-state index in [-0.39, 0.29) is 32.9 Å². The third-order valence-electron chi connectivity index (χ3n) is 8.25. The Kier molecular flexibility index (Phi) is 24.3. The highest BCUT2D eigenvalue weighted by Crippen LogP contribution is 2.33. The first-order chi connectivity index (χ1) is 24.9. The first-order valence-corrected chi connectivity index (χ1v) is 20.3. The second kappa shape index (κ2) is 25.8. The van der Waals surface area contributed by atoms with E-state index in [1.807, 2.05) is 19.8 Å². The molecule has 0 saturated heterocycles. The minimum absolute atomic E-state index is 0.00904. The topological polar surface area (TPSA) is 317 Å². The Bertz CT molecular complexity index is 1470. The second-order valence-corrected chi connectivity index (χ2v) is 15.4. The molecule has 4 atom stereocenters. The number of carbonyl (C=O) groups excluding carboxylic acids is 3. The Morgan fingerprint density at radius 3 is 1.68 bits per heavy atom. The largest absolute Gasteiger partial charge is 0.550 e. The zero-order valence-corrected chi connectivity index (χ0v) is 31.9. The summed E-state index contributed by atoms with van der Waals surface area (Å²) >= 11 is 0. The molecule has 2 aromatic rings. The van der Waals surface area contributed by atoms with Gasteiger partial charge in [0.05, 0.1) is 19.8 Å². The lowest BCUT2D eigenvalue weighted by atomic mass is 9.96. The van der Waals surface area contributed by atoms with E-state index in [9.17, 15) is 63.8 Å². The zero-order chi connectivity index (χ0) is 40.8. The van der Waals surface area contributed by atoms with Gasteiger partial charge in [0.15, 0.2) is 18.6 Å². The highest BCUT2D eigenvalue weighted by Gasteiger charge is 2.43. The number of rotatable bonds is 23. The van der Waals surface area contributed by atoms with Crippen molar-refractivity contribution < 1.29 is 83.2 Å². The summed E-state index contributed by atoms with van der Waals surface area (Å²) in [5.41, 5.74) is 9.02. The SMILES string of the molecule is C=O.CCOc1c(CO)cccc1C[NH+](CP(=O)(O)O)C(CO)C(CCCCN)[NH+](Cc1cccc(CO)c1C)CP(=O)(O)O.O=C([O-])CCC(=O)[O-]. The van der Waals surface area contributed by atoms with E-state index in [0.717, 1.165) is 11.1 Å². The zero-order valence-electron chi connectivity index (χ0n) is 30.1. The Balaban J connectivity index is 0.00000238. The average molecular weight is 796 g/mol. The number of ether oxygens (including phenoxy) is 1. The molecule has 53 heavy (non-hydrogen) atoms. The maximum Gasteiger partial charge on any atom is 0.379 e. The van der Waals surface area contributed by atoms with Gasteiger partial charge in [-0.3, -0.25) is 9.13 Å². The van der Waals surface area contributed by atoms with Crippen LogP contribution in [0.25, 0.3) is 0 Å². The number of nitrogens with one attached hydrogen (secondary N) is 2. The monoisotopic (exact) mass is 795 g/mol. The van der Waals surface area contributed by atoms with Gasteiger partial charge in [0, 0.05) is 35.0 Å².